The molecular formula is C12H27N3. The molecule has 1 saturated heterocycles. The summed E-state index contributed by atoms with van der Waals surface area (Å²) in [5.74, 6) is 0.855. The zero-order valence-electron chi connectivity index (χ0n) is 10.6. The number of nitrogens with zero attached hydrogens (tertiary/aromatic N) is 2. The number of hydrogen-bond acceptors (Lipinski definition) is 3. The molecule has 0 aromatic carbocycles. The number of rotatable bonds is 6. The zero-order chi connectivity index (χ0) is 11.1. The summed E-state index contributed by atoms with van der Waals surface area (Å²) in [6.45, 7) is 13.3. The average Bonchev–Trinajstić information content (AvgIpc) is 2.28. The van der Waals surface area contributed by atoms with E-state index in [4.69, 9.17) is 0 Å². The van der Waals surface area contributed by atoms with Crippen LogP contribution in [-0.4, -0.2) is 62.7 Å². The molecule has 1 atom stereocenters. The van der Waals surface area contributed by atoms with Crippen molar-refractivity contribution in [2.75, 3.05) is 52.9 Å². The Kier molecular flexibility index (Phi) is 6.22. The van der Waals surface area contributed by atoms with E-state index in [1.165, 1.54) is 45.7 Å². The maximum absolute atomic E-state index is 3.21. The van der Waals surface area contributed by atoms with Crippen molar-refractivity contribution in [2.45, 2.75) is 20.3 Å². The summed E-state index contributed by atoms with van der Waals surface area (Å²) in [6, 6.07) is 0. The zero-order valence-corrected chi connectivity index (χ0v) is 10.6. The van der Waals surface area contributed by atoms with E-state index in [0.717, 1.165) is 12.5 Å². The van der Waals surface area contributed by atoms with Gasteiger partial charge in [0.1, 0.15) is 0 Å². The van der Waals surface area contributed by atoms with Crippen molar-refractivity contribution in [3.05, 3.63) is 0 Å². The Morgan fingerprint density at radius 1 is 1.13 bits per heavy atom. The van der Waals surface area contributed by atoms with Gasteiger partial charge in [-0.25, -0.2) is 0 Å². The van der Waals surface area contributed by atoms with Gasteiger partial charge in [-0.15, -0.1) is 0 Å². The van der Waals surface area contributed by atoms with Crippen molar-refractivity contribution < 1.29 is 0 Å². The van der Waals surface area contributed by atoms with Gasteiger partial charge in [0.25, 0.3) is 0 Å². The lowest BCUT2D eigenvalue weighted by atomic mass is 10.1. The fourth-order valence-corrected chi connectivity index (χ4v) is 2.04. The molecule has 1 rings (SSSR count). The minimum absolute atomic E-state index is 0.855. The van der Waals surface area contributed by atoms with Crippen LogP contribution in [0.5, 0.6) is 0 Å². The van der Waals surface area contributed by atoms with E-state index < -0.39 is 0 Å². The Morgan fingerprint density at radius 3 is 2.27 bits per heavy atom. The van der Waals surface area contributed by atoms with Crippen molar-refractivity contribution in [2.24, 2.45) is 5.92 Å². The summed E-state index contributed by atoms with van der Waals surface area (Å²) in [6.07, 6.45) is 1.31. The Balaban J connectivity index is 2.12. The van der Waals surface area contributed by atoms with Gasteiger partial charge in [0.05, 0.1) is 0 Å². The van der Waals surface area contributed by atoms with E-state index in [1.807, 2.05) is 7.05 Å². The fourth-order valence-electron chi connectivity index (χ4n) is 2.04. The molecule has 3 nitrogen and oxygen atoms in total. The molecule has 1 unspecified atom stereocenters. The molecule has 0 bridgehead atoms. The number of nitrogens with one attached hydrogen (secondary N) is 1. The third kappa shape index (κ3) is 4.96. The maximum Gasteiger partial charge on any atom is 0.0110 e. The number of piperazine rings is 1. The molecule has 1 N–H and O–H groups in total. The molecule has 1 fully saturated rings. The summed E-state index contributed by atoms with van der Waals surface area (Å²) in [5.41, 5.74) is 0. The topological polar surface area (TPSA) is 18.5 Å². The molecule has 90 valence electrons. The second-order valence-corrected chi connectivity index (χ2v) is 4.76. The second kappa shape index (κ2) is 7.20. The molecule has 1 heterocycles. The molecule has 3 heteroatoms. The van der Waals surface area contributed by atoms with Crippen LogP contribution in [0.3, 0.4) is 0 Å². The van der Waals surface area contributed by atoms with Crippen molar-refractivity contribution in [3.63, 3.8) is 0 Å². The quantitative estimate of drug-likeness (QED) is 0.706. The van der Waals surface area contributed by atoms with Crippen LogP contribution in [-0.2, 0) is 0 Å². The van der Waals surface area contributed by atoms with Crippen LogP contribution in [0.4, 0.5) is 0 Å². The molecule has 1 aliphatic rings. The summed E-state index contributed by atoms with van der Waals surface area (Å²) in [7, 11) is 2.03. The van der Waals surface area contributed by atoms with Crippen molar-refractivity contribution in [3.8, 4) is 0 Å². The van der Waals surface area contributed by atoms with Gasteiger partial charge in [0.15, 0.2) is 0 Å². The Labute approximate surface area is 94.8 Å². The molecule has 0 radical (unpaired) electrons. The summed E-state index contributed by atoms with van der Waals surface area (Å²) < 4.78 is 0. The van der Waals surface area contributed by atoms with Crippen LogP contribution < -0.4 is 5.32 Å². The first-order valence-corrected chi connectivity index (χ1v) is 6.35. The van der Waals surface area contributed by atoms with E-state index in [9.17, 15) is 0 Å². The van der Waals surface area contributed by atoms with E-state index in [2.05, 4.69) is 29.0 Å². The largest absolute Gasteiger partial charge is 0.318 e. The first kappa shape index (κ1) is 12.9. The minimum atomic E-state index is 0.855. The Morgan fingerprint density at radius 2 is 1.73 bits per heavy atom. The lowest BCUT2D eigenvalue weighted by Gasteiger charge is -2.35. The lowest BCUT2D eigenvalue weighted by Crippen LogP contribution is -2.48. The molecule has 15 heavy (non-hydrogen) atoms. The average molecular weight is 213 g/mol. The third-order valence-corrected chi connectivity index (χ3v) is 3.41. The monoisotopic (exact) mass is 213 g/mol. The summed E-state index contributed by atoms with van der Waals surface area (Å²) >= 11 is 0. The summed E-state index contributed by atoms with van der Waals surface area (Å²) in [5, 5.41) is 3.21. The highest BCUT2D eigenvalue weighted by atomic mass is 15.3. The number of hydrogen-bond donors (Lipinski definition) is 1. The van der Waals surface area contributed by atoms with Gasteiger partial charge in [-0.3, -0.25) is 4.90 Å². The van der Waals surface area contributed by atoms with E-state index >= 15 is 0 Å². The van der Waals surface area contributed by atoms with Crippen LogP contribution in [0.1, 0.15) is 20.3 Å². The molecule has 0 aromatic rings. The molecule has 0 aliphatic carbocycles. The van der Waals surface area contributed by atoms with Crippen LogP contribution in [0.15, 0.2) is 0 Å². The standard InChI is InChI=1S/C12H27N3/c1-4-12(2)11-15-9-7-14(8-10-15)6-5-13-3/h12-13H,4-11H2,1-3H3. The van der Waals surface area contributed by atoms with Gasteiger partial charge in [-0.2, -0.15) is 0 Å². The molecule has 0 aromatic heterocycles. The number of likely N-dealkylation sites (N-methyl/N-ethyl adjacent to an activating group) is 1. The van der Waals surface area contributed by atoms with Gasteiger partial charge in [0.2, 0.25) is 0 Å². The van der Waals surface area contributed by atoms with E-state index in [1.54, 1.807) is 0 Å². The molecule has 1 aliphatic heterocycles. The van der Waals surface area contributed by atoms with Crippen LogP contribution in [0.25, 0.3) is 0 Å². The highest BCUT2D eigenvalue weighted by Crippen LogP contribution is 2.07. The van der Waals surface area contributed by atoms with Crippen molar-refractivity contribution >= 4 is 0 Å². The summed E-state index contributed by atoms with van der Waals surface area (Å²) in [4.78, 5) is 5.17. The predicted octanol–water partition coefficient (Wildman–Crippen LogP) is 0.870. The smallest absolute Gasteiger partial charge is 0.0110 e. The third-order valence-electron chi connectivity index (χ3n) is 3.41. The molecule has 0 amide bonds. The van der Waals surface area contributed by atoms with Crippen LogP contribution in [0.2, 0.25) is 0 Å². The van der Waals surface area contributed by atoms with Crippen LogP contribution in [0, 0.1) is 5.92 Å². The van der Waals surface area contributed by atoms with Crippen LogP contribution >= 0.6 is 0 Å². The molecular weight excluding hydrogens is 186 g/mol. The first-order chi connectivity index (χ1) is 7.26. The molecule has 0 saturated carbocycles. The Hall–Kier alpha value is -0.120. The van der Waals surface area contributed by atoms with E-state index in [0.29, 0.717) is 0 Å². The predicted molar refractivity (Wildman–Crippen MR) is 66.3 cm³/mol. The highest BCUT2D eigenvalue weighted by Gasteiger charge is 2.17. The second-order valence-electron chi connectivity index (χ2n) is 4.76. The minimum Gasteiger partial charge on any atom is -0.318 e. The highest BCUT2D eigenvalue weighted by molar-refractivity contribution is 4.73. The lowest BCUT2D eigenvalue weighted by molar-refractivity contribution is 0.120. The van der Waals surface area contributed by atoms with Gasteiger partial charge < -0.3 is 10.2 Å². The maximum atomic E-state index is 3.21. The van der Waals surface area contributed by atoms with Gasteiger partial charge in [0, 0.05) is 45.8 Å². The molecule has 0 spiro atoms. The van der Waals surface area contributed by atoms with Gasteiger partial charge >= 0.3 is 0 Å². The van der Waals surface area contributed by atoms with E-state index in [-0.39, 0.29) is 0 Å². The first-order valence-electron chi connectivity index (χ1n) is 6.35. The van der Waals surface area contributed by atoms with Crippen molar-refractivity contribution in [1.82, 2.24) is 15.1 Å². The normalized spacial score (nSPS) is 21.8. The Bertz CT molecular complexity index is 153. The van der Waals surface area contributed by atoms with Gasteiger partial charge in [-0.1, -0.05) is 20.3 Å². The fraction of sp³-hybridized carbons (Fsp3) is 1.00. The van der Waals surface area contributed by atoms with Gasteiger partial charge in [-0.05, 0) is 13.0 Å². The van der Waals surface area contributed by atoms with Crippen molar-refractivity contribution in [1.29, 1.82) is 0 Å². The SMILES string of the molecule is CCC(C)CN1CCN(CCNC)CC1.